The van der Waals surface area contributed by atoms with Gasteiger partial charge in [-0.25, -0.2) is 0 Å². The van der Waals surface area contributed by atoms with Gasteiger partial charge in [0.2, 0.25) is 0 Å². The van der Waals surface area contributed by atoms with Crippen LogP contribution < -0.4 is 4.46 Å². The normalized spacial score (nSPS) is 9.30. The van der Waals surface area contributed by atoms with Gasteiger partial charge in [0.15, 0.2) is 0 Å². The molecule has 0 heterocycles. The van der Waals surface area contributed by atoms with Gasteiger partial charge in [0.25, 0.3) is 0 Å². The zero-order valence-corrected chi connectivity index (χ0v) is 7.55. The van der Waals surface area contributed by atoms with Crippen LogP contribution in [0.4, 0.5) is 4.79 Å². The van der Waals surface area contributed by atoms with E-state index in [4.69, 9.17) is 11.6 Å². The van der Waals surface area contributed by atoms with Crippen molar-refractivity contribution in [1.82, 2.24) is 0 Å². The van der Waals surface area contributed by atoms with Crippen LogP contribution in [0.5, 0.6) is 0 Å². The molecule has 0 aliphatic carbocycles. The van der Waals surface area contributed by atoms with Crippen LogP contribution >= 0.6 is 11.6 Å². The van der Waals surface area contributed by atoms with E-state index < -0.39 is 0 Å². The van der Waals surface area contributed by atoms with Gasteiger partial charge in [-0.05, 0) is 0 Å². The predicted octanol–water partition coefficient (Wildman–Crippen LogP) is 1.37. The first-order chi connectivity index (χ1) is 4.79. The summed E-state index contributed by atoms with van der Waals surface area (Å²) in [5.41, 5.74) is 0. The van der Waals surface area contributed by atoms with Crippen molar-refractivity contribution >= 4 is 35.2 Å². The van der Waals surface area contributed by atoms with E-state index in [2.05, 4.69) is 0 Å². The topological polar surface area (TPSA) is 17.1 Å². The van der Waals surface area contributed by atoms with Crippen LogP contribution in [0.15, 0.2) is 30.3 Å². The maximum absolute atomic E-state index is 10.4. The molecule has 0 fully saturated rings. The summed E-state index contributed by atoms with van der Waals surface area (Å²) in [6, 6.07) is 9.52. The predicted molar refractivity (Wildman–Crippen MR) is 43.1 cm³/mol. The molecule has 0 spiro atoms. The van der Waals surface area contributed by atoms with Crippen molar-refractivity contribution in [3.05, 3.63) is 30.3 Å². The van der Waals surface area contributed by atoms with E-state index in [1.807, 2.05) is 30.3 Å². The van der Waals surface area contributed by atoms with Crippen molar-refractivity contribution in [3.63, 3.8) is 0 Å². The second-order valence-electron chi connectivity index (χ2n) is 1.65. The summed E-state index contributed by atoms with van der Waals surface area (Å²) in [6.07, 6.45) is 0. The van der Waals surface area contributed by atoms with E-state index in [0.29, 0.717) is 0 Å². The molecule has 1 nitrogen and oxygen atoms in total. The molecular weight excluding hydrogens is 214 g/mol. The Bertz CT molecular complexity index is 222. The third-order valence-electron chi connectivity index (χ3n) is 0.941. The third kappa shape index (κ3) is 2.52. The average molecular weight is 220 g/mol. The molecule has 0 amide bonds. The average Bonchev–Trinajstić information content (AvgIpc) is 1.88. The molecule has 0 N–H and O–H groups in total. The summed E-state index contributed by atoms with van der Waals surface area (Å²) in [7, 11) is 0. The van der Waals surface area contributed by atoms with Crippen molar-refractivity contribution in [2.75, 3.05) is 0 Å². The van der Waals surface area contributed by atoms with Crippen molar-refractivity contribution in [1.29, 1.82) is 0 Å². The van der Waals surface area contributed by atoms with Gasteiger partial charge in [0, 0.05) is 0 Å². The Morgan fingerprint density at radius 3 is 2.40 bits per heavy atom. The number of benzene rings is 1. The number of hydrogen-bond donors (Lipinski definition) is 0. The fourth-order valence-corrected chi connectivity index (χ4v) is 2.05. The first kappa shape index (κ1) is 7.80. The van der Waals surface area contributed by atoms with Gasteiger partial charge in [0.05, 0.1) is 0 Å². The molecular formula is C7H5ClOSe. The van der Waals surface area contributed by atoms with Crippen LogP contribution in [0.25, 0.3) is 0 Å². The molecule has 0 saturated heterocycles. The van der Waals surface area contributed by atoms with Crippen LogP contribution in [0.3, 0.4) is 0 Å². The van der Waals surface area contributed by atoms with E-state index in [1.165, 1.54) is 0 Å². The first-order valence-corrected chi connectivity index (χ1v) is 4.80. The van der Waals surface area contributed by atoms with Gasteiger partial charge in [0.1, 0.15) is 0 Å². The Balaban J connectivity index is 2.67. The van der Waals surface area contributed by atoms with Gasteiger partial charge in [-0.1, -0.05) is 0 Å². The van der Waals surface area contributed by atoms with E-state index in [1.54, 1.807) is 0 Å². The molecule has 0 aliphatic rings. The second-order valence-corrected chi connectivity index (χ2v) is 4.70. The summed E-state index contributed by atoms with van der Waals surface area (Å²) in [5.74, 6) is 0. The molecule has 1 aromatic rings. The number of carbonyl (C=O) groups is 1. The second kappa shape index (κ2) is 3.77. The van der Waals surface area contributed by atoms with Crippen LogP contribution in [-0.4, -0.2) is 19.1 Å². The molecule has 0 atom stereocenters. The van der Waals surface area contributed by atoms with Gasteiger partial charge in [-0.2, -0.15) is 0 Å². The summed E-state index contributed by atoms with van der Waals surface area (Å²) < 4.78 is 0.772. The number of hydrogen-bond acceptors (Lipinski definition) is 1. The summed E-state index contributed by atoms with van der Waals surface area (Å²) in [5, 5.41) is 0. The Hall–Kier alpha value is -0.301. The molecule has 3 heteroatoms. The van der Waals surface area contributed by atoms with Gasteiger partial charge in [-0.15, -0.1) is 0 Å². The summed E-state index contributed by atoms with van der Waals surface area (Å²) in [4.78, 5) is 10.4. The van der Waals surface area contributed by atoms with Gasteiger partial charge in [-0.3, -0.25) is 0 Å². The Morgan fingerprint density at radius 1 is 1.30 bits per heavy atom. The molecule has 0 aliphatic heterocycles. The van der Waals surface area contributed by atoms with Crippen LogP contribution in [0.2, 0.25) is 0 Å². The van der Waals surface area contributed by atoms with E-state index in [9.17, 15) is 4.79 Å². The number of halogens is 1. The van der Waals surface area contributed by atoms with Gasteiger partial charge >= 0.3 is 70.3 Å². The molecule has 0 unspecified atom stereocenters. The Kier molecular flexibility index (Phi) is 2.94. The van der Waals surface area contributed by atoms with E-state index >= 15 is 0 Å². The molecule has 0 bridgehead atoms. The number of carbonyl (C=O) groups excluding carboxylic acids is 1. The quantitative estimate of drug-likeness (QED) is 0.542. The molecule has 0 radical (unpaired) electrons. The van der Waals surface area contributed by atoms with Crippen LogP contribution in [0, 0.1) is 0 Å². The minimum absolute atomic E-state index is 0.206. The minimum atomic E-state index is -0.251. The standard InChI is InChI=1S/C7H5ClOSe/c8-7(9)10-6-4-2-1-3-5-6/h1-5H. The molecule has 0 aromatic heterocycles. The Labute approximate surface area is 70.5 Å². The Morgan fingerprint density at radius 2 is 1.90 bits per heavy atom. The van der Waals surface area contributed by atoms with Crippen molar-refractivity contribution in [3.8, 4) is 0 Å². The van der Waals surface area contributed by atoms with E-state index in [-0.39, 0.29) is 19.1 Å². The fourth-order valence-electron chi connectivity index (χ4n) is 0.581. The molecule has 0 saturated carbocycles. The fraction of sp³-hybridized carbons (Fsp3) is 0. The summed E-state index contributed by atoms with van der Waals surface area (Å²) >= 11 is 5.00. The molecule has 1 rings (SSSR count). The zero-order chi connectivity index (χ0) is 7.40. The van der Waals surface area contributed by atoms with Crippen molar-refractivity contribution < 1.29 is 4.79 Å². The first-order valence-electron chi connectivity index (χ1n) is 2.71. The zero-order valence-electron chi connectivity index (χ0n) is 5.08. The SMILES string of the molecule is O=C(Cl)[Se]c1ccccc1. The maximum atomic E-state index is 10.4. The van der Waals surface area contributed by atoms with Crippen LogP contribution in [-0.2, 0) is 0 Å². The summed E-state index contributed by atoms with van der Waals surface area (Å²) in [6.45, 7) is 0. The third-order valence-corrected chi connectivity index (χ3v) is 2.74. The monoisotopic (exact) mass is 220 g/mol. The molecule has 52 valence electrons. The van der Waals surface area contributed by atoms with Crippen LogP contribution in [0.1, 0.15) is 0 Å². The molecule has 10 heavy (non-hydrogen) atoms. The van der Waals surface area contributed by atoms with Crippen molar-refractivity contribution in [2.45, 2.75) is 0 Å². The van der Waals surface area contributed by atoms with Crippen molar-refractivity contribution in [2.24, 2.45) is 0 Å². The molecule has 1 aromatic carbocycles. The number of rotatable bonds is 2. The van der Waals surface area contributed by atoms with Gasteiger partial charge < -0.3 is 0 Å². The van der Waals surface area contributed by atoms with E-state index in [0.717, 1.165) is 4.46 Å².